The summed E-state index contributed by atoms with van der Waals surface area (Å²) >= 11 is 0. The third-order valence-corrected chi connectivity index (χ3v) is 7.60. The first kappa shape index (κ1) is 25.2. The van der Waals surface area contributed by atoms with Gasteiger partial charge in [-0.15, -0.1) is 0 Å². The van der Waals surface area contributed by atoms with E-state index in [9.17, 15) is 9.18 Å². The molecule has 6 nitrogen and oxygen atoms in total. The fourth-order valence-corrected chi connectivity index (χ4v) is 5.57. The van der Waals surface area contributed by atoms with Gasteiger partial charge in [0.2, 0.25) is 0 Å². The Kier molecular flexibility index (Phi) is 7.45. The summed E-state index contributed by atoms with van der Waals surface area (Å²) in [7, 11) is 4.33. The van der Waals surface area contributed by atoms with Crippen molar-refractivity contribution in [1.82, 2.24) is 19.6 Å². The van der Waals surface area contributed by atoms with E-state index in [2.05, 4.69) is 47.2 Å². The summed E-state index contributed by atoms with van der Waals surface area (Å²) in [5.41, 5.74) is 5.49. The summed E-state index contributed by atoms with van der Waals surface area (Å²) in [6.07, 6.45) is 8.14. The quantitative estimate of drug-likeness (QED) is 0.517. The number of aryl methyl sites for hydroxylation is 2. The molecule has 3 aromatic rings. The van der Waals surface area contributed by atoms with Crippen molar-refractivity contribution in [3.05, 3.63) is 64.4 Å². The van der Waals surface area contributed by atoms with Gasteiger partial charge < -0.3 is 19.5 Å². The number of carbonyl (C=O) groups excluding carboxylic acids is 1. The van der Waals surface area contributed by atoms with E-state index in [-0.39, 0.29) is 18.3 Å². The number of halogens is 1. The van der Waals surface area contributed by atoms with Crippen LogP contribution in [0.15, 0.2) is 30.6 Å². The number of carbonyl (C=O) groups is 1. The Labute approximate surface area is 208 Å². The van der Waals surface area contributed by atoms with E-state index < -0.39 is 0 Å². The molecule has 188 valence electrons. The average Bonchev–Trinajstić information content (AvgIpc) is 3.32. The van der Waals surface area contributed by atoms with Crippen LogP contribution in [0.3, 0.4) is 0 Å². The number of imidazole rings is 1. The minimum Gasteiger partial charge on any atom is -0.369 e. The summed E-state index contributed by atoms with van der Waals surface area (Å²) in [5, 5.41) is 2.95. The monoisotopic (exact) mass is 479 g/mol. The predicted molar refractivity (Wildman–Crippen MR) is 140 cm³/mol. The second kappa shape index (κ2) is 10.4. The number of hydrogen-bond acceptors (Lipinski definition) is 4. The van der Waals surface area contributed by atoms with Crippen LogP contribution in [0.25, 0.3) is 5.65 Å². The molecule has 0 radical (unpaired) electrons. The maximum atomic E-state index is 14.7. The minimum absolute atomic E-state index is 0.0835. The maximum Gasteiger partial charge on any atom is 0.251 e. The van der Waals surface area contributed by atoms with Crippen molar-refractivity contribution in [2.75, 3.05) is 25.5 Å². The van der Waals surface area contributed by atoms with Crippen molar-refractivity contribution in [3.8, 4) is 0 Å². The summed E-state index contributed by atoms with van der Waals surface area (Å²) in [6.45, 7) is 9.07. The summed E-state index contributed by atoms with van der Waals surface area (Å²) in [4.78, 5) is 22.4. The summed E-state index contributed by atoms with van der Waals surface area (Å²) < 4.78 is 16.6. The van der Waals surface area contributed by atoms with E-state index in [1.54, 1.807) is 12.4 Å². The highest BCUT2D eigenvalue weighted by atomic mass is 19.1. The molecule has 1 saturated carbocycles. The molecule has 1 aliphatic carbocycles. The van der Waals surface area contributed by atoms with Crippen molar-refractivity contribution in [3.63, 3.8) is 0 Å². The van der Waals surface area contributed by atoms with Crippen molar-refractivity contribution in [2.24, 2.45) is 0 Å². The van der Waals surface area contributed by atoms with Crippen LogP contribution in [0, 0.1) is 26.6 Å². The Balaban J connectivity index is 1.56. The van der Waals surface area contributed by atoms with E-state index in [1.807, 2.05) is 31.2 Å². The second-order valence-corrected chi connectivity index (χ2v) is 10.1. The topological polar surface area (TPSA) is 52.9 Å². The van der Waals surface area contributed by atoms with E-state index in [0.29, 0.717) is 28.9 Å². The van der Waals surface area contributed by atoms with Gasteiger partial charge in [0.25, 0.3) is 5.91 Å². The number of nitrogens with zero attached hydrogens (tertiary/aromatic N) is 4. The van der Waals surface area contributed by atoms with E-state index >= 15 is 0 Å². The first-order valence-electron chi connectivity index (χ1n) is 12.6. The zero-order chi connectivity index (χ0) is 25.3. The molecule has 0 spiro atoms. The lowest BCUT2D eigenvalue weighted by molar-refractivity contribution is 0.0950. The lowest BCUT2D eigenvalue weighted by Gasteiger charge is -2.40. The van der Waals surface area contributed by atoms with Crippen LogP contribution >= 0.6 is 0 Å². The maximum absolute atomic E-state index is 14.7. The lowest BCUT2D eigenvalue weighted by atomic mass is 9.88. The van der Waals surface area contributed by atoms with Gasteiger partial charge in [-0.2, -0.15) is 0 Å². The molecule has 0 atom stereocenters. The van der Waals surface area contributed by atoms with Crippen LogP contribution in [0.5, 0.6) is 0 Å². The fraction of sp³-hybridized carbons (Fsp3) is 0.500. The number of anilines is 1. The highest BCUT2D eigenvalue weighted by Gasteiger charge is 2.28. The summed E-state index contributed by atoms with van der Waals surface area (Å²) in [6, 6.07) is 6.73. The molecule has 1 aromatic carbocycles. The molecule has 4 rings (SSSR count). The Morgan fingerprint density at radius 2 is 1.80 bits per heavy atom. The Hall–Kier alpha value is -2.93. The molecule has 2 heterocycles. The van der Waals surface area contributed by atoms with Gasteiger partial charge in [0.15, 0.2) is 0 Å². The molecule has 0 bridgehead atoms. The van der Waals surface area contributed by atoms with Gasteiger partial charge in [-0.25, -0.2) is 9.37 Å². The Morgan fingerprint density at radius 1 is 1.11 bits per heavy atom. The third kappa shape index (κ3) is 5.06. The van der Waals surface area contributed by atoms with Crippen LogP contribution in [-0.4, -0.2) is 52.9 Å². The molecule has 1 amide bonds. The van der Waals surface area contributed by atoms with Crippen molar-refractivity contribution < 1.29 is 9.18 Å². The van der Waals surface area contributed by atoms with Crippen LogP contribution in [0.2, 0.25) is 0 Å². The molecule has 1 aliphatic rings. The van der Waals surface area contributed by atoms with E-state index in [4.69, 9.17) is 0 Å². The molecular formula is C28H38FN5O. The largest absolute Gasteiger partial charge is 0.369 e. The minimum atomic E-state index is -0.353. The van der Waals surface area contributed by atoms with Gasteiger partial charge in [-0.1, -0.05) is 0 Å². The van der Waals surface area contributed by atoms with Crippen LogP contribution in [-0.2, 0) is 6.54 Å². The molecule has 0 aliphatic heterocycles. The van der Waals surface area contributed by atoms with Crippen LogP contribution in [0.1, 0.15) is 65.3 Å². The standard InChI is InChI=1S/C28H38FN5O/c1-7-33(22-10-8-21(9-11-22)32(5)6)26-15-18(2)14-23(20(26)4)28(35)31-17-24-25(29)16-19(3)34-13-12-30-27(24)34/h12-16,21-22H,7-11,17H2,1-6H3,(H,31,35)/t21-,22-. The molecule has 0 saturated heterocycles. The zero-order valence-electron chi connectivity index (χ0n) is 21.9. The Bertz CT molecular complexity index is 1210. The molecule has 1 N–H and O–H groups in total. The predicted octanol–water partition coefficient (Wildman–Crippen LogP) is 5.03. The van der Waals surface area contributed by atoms with Crippen molar-refractivity contribution in [1.29, 1.82) is 0 Å². The normalized spacial score (nSPS) is 18.3. The lowest BCUT2D eigenvalue weighted by Crippen LogP contribution is -2.42. The van der Waals surface area contributed by atoms with Crippen molar-refractivity contribution in [2.45, 2.75) is 72.0 Å². The zero-order valence-corrected chi connectivity index (χ0v) is 21.9. The third-order valence-electron chi connectivity index (χ3n) is 7.60. The highest BCUT2D eigenvalue weighted by Crippen LogP contribution is 2.33. The first-order chi connectivity index (χ1) is 16.7. The van der Waals surface area contributed by atoms with Gasteiger partial charge in [0.1, 0.15) is 11.5 Å². The van der Waals surface area contributed by atoms with E-state index in [1.165, 1.54) is 18.9 Å². The number of aromatic nitrogens is 2. The fourth-order valence-electron chi connectivity index (χ4n) is 5.57. The SMILES string of the molecule is CCN(c1cc(C)cc(C(=O)NCc2c(F)cc(C)n3ccnc23)c1C)[C@H]1CC[C@H](N(C)C)CC1. The number of amides is 1. The van der Waals surface area contributed by atoms with E-state index in [0.717, 1.165) is 41.9 Å². The molecular weight excluding hydrogens is 441 g/mol. The number of nitrogens with one attached hydrogen (secondary N) is 1. The second-order valence-electron chi connectivity index (χ2n) is 10.1. The molecule has 2 aromatic heterocycles. The van der Waals surface area contributed by atoms with Gasteiger partial charge in [-0.05, 0) is 96.8 Å². The van der Waals surface area contributed by atoms with Crippen molar-refractivity contribution >= 4 is 17.2 Å². The van der Waals surface area contributed by atoms with Gasteiger partial charge in [-0.3, -0.25) is 4.79 Å². The van der Waals surface area contributed by atoms with Gasteiger partial charge in [0, 0.05) is 54.5 Å². The smallest absolute Gasteiger partial charge is 0.251 e. The van der Waals surface area contributed by atoms with Crippen LogP contribution in [0.4, 0.5) is 10.1 Å². The highest BCUT2D eigenvalue weighted by molar-refractivity contribution is 5.97. The molecule has 0 unspecified atom stereocenters. The number of benzene rings is 1. The molecule has 35 heavy (non-hydrogen) atoms. The number of rotatable bonds is 7. The number of hydrogen-bond donors (Lipinski definition) is 1. The molecule has 7 heteroatoms. The number of fused-ring (bicyclic) bond motifs is 1. The Morgan fingerprint density at radius 3 is 2.46 bits per heavy atom. The number of pyridine rings is 1. The van der Waals surface area contributed by atoms with Gasteiger partial charge in [0.05, 0.1) is 5.56 Å². The molecule has 1 fully saturated rings. The summed E-state index contributed by atoms with van der Waals surface area (Å²) in [5.74, 6) is -0.543. The van der Waals surface area contributed by atoms with Crippen LogP contribution < -0.4 is 10.2 Å². The average molecular weight is 480 g/mol. The first-order valence-corrected chi connectivity index (χ1v) is 12.6. The van der Waals surface area contributed by atoms with Gasteiger partial charge >= 0.3 is 0 Å².